The maximum absolute atomic E-state index is 14.3. The number of unbranched alkanes of at least 4 members (excludes halogenated alkanes) is 6. The maximum atomic E-state index is 14.3. The molecular formula is C78H83ClF4N4O8. The predicted octanol–water partition coefficient (Wildman–Crippen LogP) is 16.6. The van der Waals surface area contributed by atoms with Gasteiger partial charge in [0.1, 0.15) is 37.9 Å². The second-order valence-corrected chi connectivity index (χ2v) is 23.5. The van der Waals surface area contributed by atoms with Crippen LogP contribution in [0, 0.1) is 0 Å². The third kappa shape index (κ3) is 22.7. The summed E-state index contributed by atoms with van der Waals surface area (Å²) in [4.78, 5) is 48.4. The highest BCUT2D eigenvalue weighted by Crippen LogP contribution is 2.33. The van der Waals surface area contributed by atoms with Gasteiger partial charge in [-0.15, -0.1) is 12.4 Å². The van der Waals surface area contributed by atoms with Gasteiger partial charge in [-0.25, -0.2) is 0 Å². The quantitative estimate of drug-likeness (QED) is 0.0197. The summed E-state index contributed by atoms with van der Waals surface area (Å²) in [7, 11) is 0. The number of H-pyrrole nitrogens is 2. The van der Waals surface area contributed by atoms with E-state index in [4.69, 9.17) is 18.9 Å². The molecular weight excluding hydrogens is 1230 g/mol. The van der Waals surface area contributed by atoms with Crippen molar-refractivity contribution in [3.8, 4) is 11.5 Å². The predicted molar refractivity (Wildman–Crippen MR) is 370 cm³/mol. The molecule has 0 saturated carbocycles. The van der Waals surface area contributed by atoms with Gasteiger partial charge >= 0.3 is 0 Å². The molecule has 10 aromatic rings. The zero-order chi connectivity index (χ0) is 65.8. The summed E-state index contributed by atoms with van der Waals surface area (Å²) in [6.45, 7) is 3.31. The lowest BCUT2D eigenvalue weighted by Gasteiger charge is -2.26. The van der Waals surface area contributed by atoms with E-state index in [1.54, 1.807) is 66.7 Å². The van der Waals surface area contributed by atoms with Crippen molar-refractivity contribution in [1.29, 1.82) is 0 Å². The first-order chi connectivity index (χ1) is 45.8. The van der Waals surface area contributed by atoms with E-state index in [0.717, 1.165) is 72.7 Å². The Bertz CT molecular complexity index is 4010. The van der Waals surface area contributed by atoms with Crippen molar-refractivity contribution in [3.63, 3.8) is 0 Å². The number of Topliss-reactive ketones (excluding diaryl/α,β-unsaturated/α-hetero) is 1. The highest BCUT2D eigenvalue weighted by molar-refractivity contribution is 6.09. The number of nitrogens with one attached hydrogen (secondary N) is 2. The number of hydrogen-bond donors (Lipinski definition) is 3. The number of carbonyl (C=O) groups is 1. The highest BCUT2D eigenvalue weighted by atomic mass is 35.5. The highest BCUT2D eigenvalue weighted by Gasteiger charge is 2.32. The van der Waals surface area contributed by atoms with Crippen LogP contribution in [0.2, 0.25) is 0 Å². The Kier molecular flexibility index (Phi) is 28.4. The van der Waals surface area contributed by atoms with Crippen molar-refractivity contribution in [1.82, 2.24) is 19.8 Å². The number of fused-ring (bicyclic) bond motifs is 2. The number of aromatic nitrogens is 2. The average molecular weight is 1320 g/mol. The number of alkyl halides is 4. The zero-order valence-electron chi connectivity index (χ0n) is 53.3. The number of hydrogen-bond acceptors (Lipinski definition) is 10. The third-order valence-electron chi connectivity index (χ3n) is 16.2. The fourth-order valence-corrected chi connectivity index (χ4v) is 11.2. The topological polar surface area (TPSA) is 146 Å². The second kappa shape index (κ2) is 37.4. The van der Waals surface area contributed by atoms with Crippen LogP contribution in [-0.2, 0) is 47.6 Å². The summed E-state index contributed by atoms with van der Waals surface area (Å²) < 4.78 is 80.1. The van der Waals surface area contributed by atoms with Crippen molar-refractivity contribution in [2.24, 2.45) is 0 Å². The van der Waals surface area contributed by atoms with E-state index in [9.17, 15) is 37.1 Å². The molecule has 0 radical (unpaired) electrons. The lowest BCUT2D eigenvalue weighted by molar-refractivity contribution is -0.0833. The number of ketones is 1. The standard InChI is InChI=1S/C39H42F2N2O4.C39H40F2N2O4.ClH/c2*40-39(41,32-18-10-5-11-19-32)29-46-25-13-2-1-12-24-43(26-30-14-6-3-7-15-30)27-35(44)33-20-22-36(38-34(33)21-23-37(45)42-38)47-28-31-16-8-4-9-17-31;/h3-11,14-23,35,44H,1-2,12-13,24-29H2,(H,42,45);3-11,14-23H,1-2,12-13,24-29H2,(H,42,45);1H/t35-;;/m0../s1. The first kappa shape index (κ1) is 72.1. The van der Waals surface area contributed by atoms with Crippen LogP contribution < -0.4 is 20.6 Å². The van der Waals surface area contributed by atoms with E-state index >= 15 is 0 Å². The van der Waals surface area contributed by atoms with E-state index in [1.807, 2.05) is 115 Å². The van der Waals surface area contributed by atoms with Gasteiger partial charge in [-0.1, -0.05) is 214 Å². The van der Waals surface area contributed by atoms with Crippen LogP contribution in [0.5, 0.6) is 11.5 Å². The minimum absolute atomic E-state index is 0. The normalized spacial score (nSPS) is 11.9. The molecule has 12 nitrogen and oxygen atoms in total. The van der Waals surface area contributed by atoms with Crippen LogP contribution in [0.1, 0.15) is 107 Å². The zero-order valence-corrected chi connectivity index (χ0v) is 54.1. The Hall–Kier alpha value is -8.74. The number of benzene rings is 8. The summed E-state index contributed by atoms with van der Waals surface area (Å²) in [6, 6.07) is 68.7. The summed E-state index contributed by atoms with van der Waals surface area (Å²) in [5, 5.41) is 12.9. The molecule has 0 aliphatic rings. The molecule has 1 atom stereocenters. The molecule has 498 valence electrons. The molecule has 0 fully saturated rings. The molecule has 8 aromatic carbocycles. The SMILES string of the molecule is Cl.O=C(CN(CCCCCCOCC(F)(F)c1ccccc1)Cc1ccccc1)c1ccc(OCc2ccccc2)c2[nH]c(=O)ccc12.O=c1ccc2c([C@@H](O)CN(CCCCCCOCC(F)(F)c3ccccc3)Cc3ccccc3)ccc(OCc3ccccc3)c2[nH]1. The number of pyridine rings is 2. The Morgan fingerprint density at radius 2 is 0.832 bits per heavy atom. The van der Waals surface area contributed by atoms with Crippen molar-refractivity contribution in [2.45, 2.75) is 95.6 Å². The van der Waals surface area contributed by atoms with Gasteiger partial charge in [-0.2, -0.15) is 17.6 Å². The number of aromatic amines is 2. The van der Waals surface area contributed by atoms with Gasteiger partial charge in [0, 0.05) is 72.4 Å². The summed E-state index contributed by atoms with van der Waals surface area (Å²) in [6.07, 6.45) is 5.82. The molecule has 2 aromatic heterocycles. The van der Waals surface area contributed by atoms with E-state index in [1.165, 1.54) is 36.4 Å². The maximum Gasteiger partial charge on any atom is 0.296 e. The Morgan fingerprint density at radius 1 is 0.442 bits per heavy atom. The number of aliphatic hydroxyl groups excluding tert-OH is 1. The third-order valence-corrected chi connectivity index (χ3v) is 16.2. The fourth-order valence-electron chi connectivity index (χ4n) is 11.2. The molecule has 95 heavy (non-hydrogen) atoms. The molecule has 2 heterocycles. The van der Waals surface area contributed by atoms with Gasteiger partial charge in [0.25, 0.3) is 11.8 Å². The molecule has 3 N–H and O–H groups in total. The number of carbonyl (C=O) groups excluding carboxylic acids is 1. The van der Waals surface area contributed by atoms with Gasteiger partial charge in [0.15, 0.2) is 5.78 Å². The minimum atomic E-state index is -3.01. The number of nitrogens with zero attached hydrogens (tertiary/aromatic N) is 2. The lowest BCUT2D eigenvalue weighted by Crippen LogP contribution is -2.30. The van der Waals surface area contributed by atoms with Crippen LogP contribution >= 0.6 is 12.4 Å². The first-order valence-corrected chi connectivity index (χ1v) is 32.2. The number of halogens is 5. The van der Waals surface area contributed by atoms with Crippen LogP contribution in [0.3, 0.4) is 0 Å². The van der Waals surface area contributed by atoms with Crippen molar-refractivity contribution in [3.05, 3.63) is 296 Å². The Morgan fingerprint density at radius 3 is 1.31 bits per heavy atom. The largest absolute Gasteiger partial charge is 0.487 e. The van der Waals surface area contributed by atoms with Crippen LogP contribution in [0.15, 0.2) is 240 Å². The first-order valence-electron chi connectivity index (χ1n) is 32.2. The van der Waals surface area contributed by atoms with Crippen LogP contribution in [0.4, 0.5) is 17.6 Å². The summed E-state index contributed by atoms with van der Waals surface area (Å²) in [5.74, 6) is -5.02. The van der Waals surface area contributed by atoms with Crippen LogP contribution in [-0.4, -0.2) is 83.3 Å². The molecule has 0 aliphatic heterocycles. The lowest BCUT2D eigenvalue weighted by atomic mass is 10.0. The summed E-state index contributed by atoms with van der Waals surface area (Å²) in [5.41, 5.74) is 5.96. The number of rotatable bonds is 36. The van der Waals surface area contributed by atoms with E-state index in [0.29, 0.717) is 91.3 Å². The molecule has 10 rings (SSSR count). The average Bonchev–Trinajstić information content (AvgIpc) is 0.802. The monoisotopic (exact) mass is 1310 g/mol. The number of ether oxygens (including phenoxy) is 4. The molecule has 0 amide bonds. The molecule has 0 spiro atoms. The smallest absolute Gasteiger partial charge is 0.296 e. The van der Waals surface area contributed by atoms with Crippen molar-refractivity contribution in [2.75, 3.05) is 52.6 Å². The van der Waals surface area contributed by atoms with E-state index in [2.05, 4.69) is 31.9 Å². The van der Waals surface area contributed by atoms with Gasteiger partial charge < -0.3 is 34.0 Å². The summed E-state index contributed by atoms with van der Waals surface area (Å²) >= 11 is 0. The molecule has 0 saturated heterocycles. The van der Waals surface area contributed by atoms with E-state index < -0.39 is 31.2 Å². The van der Waals surface area contributed by atoms with E-state index in [-0.39, 0.29) is 60.2 Å². The second-order valence-electron chi connectivity index (χ2n) is 23.5. The molecule has 0 aliphatic carbocycles. The van der Waals surface area contributed by atoms with Gasteiger partial charge in [0.2, 0.25) is 11.1 Å². The van der Waals surface area contributed by atoms with Gasteiger partial charge in [-0.05, 0) is 96.9 Å². The van der Waals surface area contributed by atoms with Gasteiger partial charge in [-0.3, -0.25) is 24.2 Å². The minimum Gasteiger partial charge on any atom is -0.487 e. The fraction of sp³-hybridized carbons (Fsp3) is 0.295. The molecule has 0 bridgehead atoms. The number of aliphatic hydroxyl groups is 1. The van der Waals surface area contributed by atoms with Crippen molar-refractivity contribution < 1.29 is 46.4 Å². The molecule has 0 unspecified atom stereocenters. The van der Waals surface area contributed by atoms with Crippen LogP contribution in [0.25, 0.3) is 21.8 Å². The van der Waals surface area contributed by atoms with Gasteiger partial charge in [0.05, 0.1) is 23.7 Å². The Labute approximate surface area is 558 Å². The molecule has 17 heteroatoms. The Balaban J connectivity index is 0.000000241. The van der Waals surface area contributed by atoms with Crippen molar-refractivity contribution >= 4 is 40.0 Å².